The maximum absolute atomic E-state index is 13.2. The second-order valence-corrected chi connectivity index (χ2v) is 10.00. The third-order valence-electron chi connectivity index (χ3n) is 5.98. The normalized spacial score (nSPS) is 12.7. The lowest BCUT2D eigenvalue weighted by atomic mass is 9.86. The van der Waals surface area contributed by atoms with Crippen molar-refractivity contribution in [3.8, 4) is 0 Å². The van der Waals surface area contributed by atoms with Gasteiger partial charge in [-0.25, -0.2) is 9.59 Å². The average molecular weight is 503 g/mol. The van der Waals surface area contributed by atoms with Gasteiger partial charge in [-0.05, 0) is 27.7 Å². The molecule has 2 amide bonds. The first kappa shape index (κ1) is 27.5. The van der Waals surface area contributed by atoms with Crippen LogP contribution in [0.3, 0.4) is 0 Å². The maximum atomic E-state index is 13.2. The molecule has 194 valence electrons. The Hall–Kier alpha value is -4.13. The first-order chi connectivity index (χ1) is 17.6. The molecule has 0 fully saturated rings. The number of aliphatic carboxylic acids is 1. The quantitative estimate of drug-likeness (QED) is 0.375. The molecule has 3 aromatic rings. The number of nitrogens with one attached hydrogen (secondary N) is 2. The van der Waals surface area contributed by atoms with Gasteiger partial charge < -0.3 is 20.5 Å². The lowest BCUT2D eigenvalue weighted by Crippen LogP contribution is -2.53. The molecule has 0 aliphatic rings. The van der Waals surface area contributed by atoms with Crippen LogP contribution in [-0.4, -0.2) is 35.2 Å². The molecule has 3 rings (SSSR count). The van der Waals surface area contributed by atoms with Crippen molar-refractivity contribution >= 4 is 18.0 Å². The fraction of sp³-hybridized carbons (Fsp3) is 0.300. The van der Waals surface area contributed by atoms with Crippen molar-refractivity contribution < 1.29 is 24.2 Å². The van der Waals surface area contributed by atoms with Gasteiger partial charge in [0.05, 0.1) is 0 Å². The van der Waals surface area contributed by atoms with Gasteiger partial charge in [-0.15, -0.1) is 0 Å². The largest absolute Gasteiger partial charge is 0.480 e. The van der Waals surface area contributed by atoms with Crippen LogP contribution in [0, 0.1) is 0 Å². The minimum Gasteiger partial charge on any atom is -0.480 e. The van der Waals surface area contributed by atoms with Gasteiger partial charge >= 0.3 is 12.1 Å². The number of hydrogen-bond donors (Lipinski definition) is 3. The summed E-state index contributed by atoms with van der Waals surface area (Å²) in [6, 6.07) is 23.9. The monoisotopic (exact) mass is 502 g/mol. The van der Waals surface area contributed by atoms with E-state index >= 15 is 0 Å². The molecule has 0 saturated heterocycles. The molecule has 0 unspecified atom stereocenters. The second-order valence-electron chi connectivity index (χ2n) is 10.00. The highest BCUT2D eigenvalue weighted by Gasteiger charge is 2.27. The van der Waals surface area contributed by atoms with E-state index in [1.54, 1.807) is 0 Å². The van der Waals surface area contributed by atoms with Crippen LogP contribution in [0.1, 0.15) is 43.0 Å². The molecule has 0 saturated carbocycles. The molecular formula is C30H34N2O5. The molecule has 0 bridgehead atoms. The SMILES string of the molecule is CC(C)(C)c1ccc(C[C@H](NC(=O)[C@@H](Cc2ccccc2)NC(=O)OCc2ccccc2)C(=O)O)cc1. The second kappa shape index (κ2) is 12.7. The molecule has 7 heteroatoms. The van der Waals surface area contributed by atoms with Crippen molar-refractivity contribution in [3.05, 3.63) is 107 Å². The minimum absolute atomic E-state index is 0.0234. The highest BCUT2D eigenvalue weighted by molar-refractivity contribution is 5.89. The Morgan fingerprint density at radius 1 is 0.730 bits per heavy atom. The zero-order chi connectivity index (χ0) is 26.8. The van der Waals surface area contributed by atoms with Gasteiger partial charge in [-0.3, -0.25) is 4.79 Å². The van der Waals surface area contributed by atoms with Crippen LogP contribution >= 0.6 is 0 Å². The zero-order valence-electron chi connectivity index (χ0n) is 21.4. The standard InChI is InChI=1S/C30H34N2O5/c1-30(2,3)24-16-14-22(15-17-24)19-26(28(34)35)31-27(33)25(18-21-10-6-4-7-11-21)32-29(36)37-20-23-12-8-5-9-13-23/h4-17,25-26H,18-20H2,1-3H3,(H,31,33)(H,32,36)(H,34,35)/t25-,26+/m1/s1. The highest BCUT2D eigenvalue weighted by Crippen LogP contribution is 2.22. The van der Waals surface area contributed by atoms with Crippen molar-refractivity contribution in [2.45, 2.75) is 57.7 Å². The van der Waals surface area contributed by atoms with Crippen molar-refractivity contribution in [3.63, 3.8) is 0 Å². The maximum Gasteiger partial charge on any atom is 0.408 e. The summed E-state index contributed by atoms with van der Waals surface area (Å²) in [4.78, 5) is 37.7. The number of carboxylic acid groups (broad SMARTS) is 1. The van der Waals surface area contributed by atoms with E-state index in [9.17, 15) is 19.5 Å². The van der Waals surface area contributed by atoms with Crippen LogP contribution in [0.5, 0.6) is 0 Å². The molecule has 3 aromatic carbocycles. The molecular weight excluding hydrogens is 468 g/mol. The Kier molecular flexibility index (Phi) is 9.44. The van der Waals surface area contributed by atoms with Gasteiger partial charge in [0.1, 0.15) is 18.7 Å². The molecule has 0 aliphatic heterocycles. The predicted octanol–water partition coefficient (Wildman–Crippen LogP) is 4.63. The number of ether oxygens (including phenoxy) is 1. The van der Waals surface area contributed by atoms with Gasteiger partial charge in [0.15, 0.2) is 0 Å². The average Bonchev–Trinajstić information content (AvgIpc) is 2.87. The highest BCUT2D eigenvalue weighted by atomic mass is 16.5. The first-order valence-corrected chi connectivity index (χ1v) is 12.3. The number of benzene rings is 3. The molecule has 0 radical (unpaired) electrons. The van der Waals surface area contributed by atoms with E-state index in [1.165, 1.54) is 0 Å². The summed E-state index contributed by atoms with van der Waals surface area (Å²) in [5.41, 5.74) is 3.52. The summed E-state index contributed by atoms with van der Waals surface area (Å²) in [5.74, 6) is -1.75. The minimum atomic E-state index is -1.16. The summed E-state index contributed by atoms with van der Waals surface area (Å²) >= 11 is 0. The van der Waals surface area contributed by atoms with Crippen LogP contribution in [0.25, 0.3) is 0 Å². The number of amides is 2. The zero-order valence-corrected chi connectivity index (χ0v) is 21.4. The van der Waals surface area contributed by atoms with Crippen LogP contribution in [0.4, 0.5) is 4.79 Å². The van der Waals surface area contributed by atoms with E-state index in [2.05, 4.69) is 31.4 Å². The molecule has 0 aliphatic carbocycles. The summed E-state index contributed by atoms with van der Waals surface area (Å²) < 4.78 is 5.29. The van der Waals surface area contributed by atoms with Gasteiger partial charge in [0, 0.05) is 12.8 Å². The molecule has 3 N–H and O–H groups in total. The van der Waals surface area contributed by atoms with E-state index in [-0.39, 0.29) is 24.9 Å². The fourth-order valence-electron chi connectivity index (χ4n) is 3.82. The Balaban J connectivity index is 1.69. The Labute approximate surface area is 217 Å². The number of alkyl carbamates (subject to hydrolysis) is 1. The van der Waals surface area contributed by atoms with Crippen LogP contribution in [0.2, 0.25) is 0 Å². The topological polar surface area (TPSA) is 105 Å². The summed E-state index contributed by atoms with van der Waals surface area (Å²) in [7, 11) is 0. The summed E-state index contributed by atoms with van der Waals surface area (Å²) in [6.45, 7) is 6.36. The van der Waals surface area contributed by atoms with E-state index in [4.69, 9.17) is 4.74 Å². The molecule has 7 nitrogen and oxygen atoms in total. The van der Waals surface area contributed by atoms with Gasteiger partial charge in [-0.1, -0.05) is 106 Å². The first-order valence-electron chi connectivity index (χ1n) is 12.3. The van der Waals surface area contributed by atoms with E-state index in [0.29, 0.717) is 0 Å². The number of carboxylic acids is 1. The fourth-order valence-corrected chi connectivity index (χ4v) is 3.82. The lowest BCUT2D eigenvalue weighted by Gasteiger charge is -2.22. The number of carbonyl (C=O) groups is 3. The molecule has 0 heterocycles. The Morgan fingerprint density at radius 3 is 1.78 bits per heavy atom. The Bertz CT molecular complexity index is 1170. The van der Waals surface area contributed by atoms with E-state index in [0.717, 1.165) is 22.3 Å². The smallest absolute Gasteiger partial charge is 0.408 e. The lowest BCUT2D eigenvalue weighted by molar-refractivity contribution is -0.142. The molecule has 0 aromatic heterocycles. The van der Waals surface area contributed by atoms with Gasteiger partial charge in [0.25, 0.3) is 0 Å². The number of rotatable bonds is 10. The van der Waals surface area contributed by atoms with Crippen LogP contribution in [0.15, 0.2) is 84.9 Å². The Morgan fingerprint density at radius 2 is 1.24 bits per heavy atom. The summed E-state index contributed by atoms with van der Waals surface area (Å²) in [6.07, 6.45) is -0.466. The third-order valence-corrected chi connectivity index (χ3v) is 5.98. The van der Waals surface area contributed by atoms with Crippen LogP contribution in [-0.2, 0) is 39.2 Å². The molecule has 37 heavy (non-hydrogen) atoms. The van der Waals surface area contributed by atoms with Gasteiger partial charge in [0.2, 0.25) is 5.91 Å². The van der Waals surface area contributed by atoms with Crippen LogP contribution < -0.4 is 10.6 Å². The number of hydrogen-bond acceptors (Lipinski definition) is 4. The van der Waals surface area contributed by atoms with Crippen molar-refractivity contribution in [2.75, 3.05) is 0 Å². The number of carbonyl (C=O) groups excluding carboxylic acids is 2. The predicted molar refractivity (Wildman–Crippen MR) is 142 cm³/mol. The molecule has 2 atom stereocenters. The van der Waals surface area contributed by atoms with E-state index < -0.39 is 30.1 Å². The van der Waals surface area contributed by atoms with Crippen molar-refractivity contribution in [1.29, 1.82) is 0 Å². The summed E-state index contributed by atoms with van der Waals surface area (Å²) in [5, 5.41) is 15.0. The third kappa shape index (κ3) is 8.79. The molecule has 0 spiro atoms. The van der Waals surface area contributed by atoms with Gasteiger partial charge in [-0.2, -0.15) is 0 Å². The van der Waals surface area contributed by atoms with E-state index in [1.807, 2.05) is 84.9 Å². The van der Waals surface area contributed by atoms with Crippen molar-refractivity contribution in [2.24, 2.45) is 0 Å². The van der Waals surface area contributed by atoms with Crippen molar-refractivity contribution in [1.82, 2.24) is 10.6 Å².